The van der Waals surface area contributed by atoms with E-state index in [1.165, 1.54) is 17.8 Å². The van der Waals surface area contributed by atoms with Crippen LogP contribution in [-0.2, 0) is 5.75 Å². The molecule has 2 N–H and O–H groups in total. The number of pyridine rings is 1. The van der Waals surface area contributed by atoms with Gasteiger partial charge in [0.05, 0.1) is 5.02 Å². The molecule has 0 saturated heterocycles. The van der Waals surface area contributed by atoms with E-state index in [0.717, 1.165) is 0 Å². The highest BCUT2D eigenvalue weighted by atomic mass is 35.5. The summed E-state index contributed by atoms with van der Waals surface area (Å²) in [4.78, 5) is 4.12. The number of aromatic nitrogens is 1. The largest absolute Gasteiger partial charge is 0.398 e. The highest BCUT2D eigenvalue weighted by molar-refractivity contribution is 7.98. The van der Waals surface area contributed by atoms with Gasteiger partial charge in [-0.3, -0.25) is 0 Å². The first kappa shape index (κ1) is 12.2. The molecule has 0 saturated carbocycles. The Morgan fingerprint density at radius 2 is 2.12 bits per heavy atom. The molecule has 1 aromatic heterocycles. The molecule has 0 bridgehead atoms. The highest BCUT2D eigenvalue weighted by Gasteiger charge is 2.08. The summed E-state index contributed by atoms with van der Waals surface area (Å²) in [5, 5.41) is 1.24. The standard InChI is InChI=1S/C12H10ClFN2S/c13-9-3-2-6-16-12(9)17-7-8-10(14)4-1-5-11(8)15/h1-6H,7,15H2. The molecular weight excluding hydrogens is 259 g/mol. The second kappa shape index (κ2) is 5.38. The van der Waals surface area contributed by atoms with E-state index in [9.17, 15) is 4.39 Å². The molecule has 0 aliphatic heterocycles. The predicted molar refractivity (Wildman–Crippen MR) is 69.6 cm³/mol. The molecule has 0 aliphatic rings. The SMILES string of the molecule is Nc1cccc(F)c1CSc1ncccc1Cl. The third-order valence-corrected chi connectivity index (χ3v) is 3.68. The molecular formula is C12H10ClFN2S. The van der Waals surface area contributed by atoms with Crippen molar-refractivity contribution in [2.75, 3.05) is 5.73 Å². The molecule has 0 radical (unpaired) electrons. The number of benzene rings is 1. The van der Waals surface area contributed by atoms with E-state index in [2.05, 4.69) is 4.98 Å². The van der Waals surface area contributed by atoms with Crippen molar-refractivity contribution in [3.05, 3.63) is 52.9 Å². The maximum atomic E-state index is 13.5. The van der Waals surface area contributed by atoms with Crippen molar-refractivity contribution in [1.82, 2.24) is 4.98 Å². The minimum absolute atomic E-state index is 0.301. The van der Waals surface area contributed by atoms with E-state index in [4.69, 9.17) is 17.3 Å². The molecule has 2 rings (SSSR count). The van der Waals surface area contributed by atoms with Crippen LogP contribution < -0.4 is 5.73 Å². The van der Waals surface area contributed by atoms with Crippen molar-refractivity contribution in [2.45, 2.75) is 10.8 Å². The summed E-state index contributed by atoms with van der Waals surface area (Å²) >= 11 is 7.33. The lowest BCUT2D eigenvalue weighted by Crippen LogP contribution is -1.96. The van der Waals surface area contributed by atoms with Gasteiger partial charge in [0.15, 0.2) is 0 Å². The van der Waals surface area contributed by atoms with E-state index < -0.39 is 0 Å². The molecule has 2 nitrogen and oxygen atoms in total. The van der Waals surface area contributed by atoms with Crippen molar-refractivity contribution in [3.63, 3.8) is 0 Å². The van der Waals surface area contributed by atoms with E-state index in [0.29, 0.717) is 27.1 Å². The van der Waals surface area contributed by atoms with Crippen LogP contribution >= 0.6 is 23.4 Å². The van der Waals surface area contributed by atoms with E-state index in [-0.39, 0.29) is 5.82 Å². The average molecular weight is 269 g/mol. The number of thioether (sulfide) groups is 1. The highest BCUT2D eigenvalue weighted by Crippen LogP contribution is 2.29. The minimum Gasteiger partial charge on any atom is -0.398 e. The summed E-state index contributed by atoms with van der Waals surface area (Å²) in [6.07, 6.45) is 1.65. The lowest BCUT2D eigenvalue weighted by molar-refractivity contribution is 0.618. The first-order chi connectivity index (χ1) is 8.18. The summed E-state index contributed by atoms with van der Waals surface area (Å²) in [5.74, 6) is 0.111. The molecule has 17 heavy (non-hydrogen) atoms. The van der Waals surface area contributed by atoms with Crippen LogP contribution in [0.1, 0.15) is 5.56 Å². The summed E-state index contributed by atoms with van der Waals surface area (Å²) < 4.78 is 13.5. The fraction of sp³-hybridized carbons (Fsp3) is 0.0833. The van der Waals surface area contributed by atoms with Crippen LogP contribution in [0, 0.1) is 5.82 Å². The smallest absolute Gasteiger partial charge is 0.129 e. The number of halogens is 2. The lowest BCUT2D eigenvalue weighted by atomic mass is 10.2. The topological polar surface area (TPSA) is 38.9 Å². The number of hydrogen-bond acceptors (Lipinski definition) is 3. The molecule has 1 heterocycles. The lowest BCUT2D eigenvalue weighted by Gasteiger charge is -2.07. The maximum absolute atomic E-state index is 13.5. The van der Waals surface area contributed by atoms with Crippen molar-refractivity contribution in [3.8, 4) is 0 Å². The molecule has 0 amide bonds. The van der Waals surface area contributed by atoms with Gasteiger partial charge in [0.2, 0.25) is 0 Å². The van der Waals surface area contributed by atoms with Crippen molar-refractivity contribution >= 4 is 29.1 Å². The van der Waals surface area contributed by atoms with Crippen LogP contribution in [-0.4, -0.2) is 4.98 Å². The summed E-state index contributed by atoms with van der Waals surface area (Å²) in [6, 6.07) is 8.17. The zero-order chi connectivity index (χ0) is 12.3. The predicted octanol–water partition coefficient (Wildman–Crippen LogP) is 3.75. The Bertz CT molecular complexity index is 513. The van der Waals surface area contributed by atoms with E-state index in [1.54, 1.807) is 30.5 Å². The zero-order valence-corrected chi connectivity index (χ0v) is 10.4. The maximum Gasteiger partial charge on any atom is 0.129 e. The Morgan fingerprint density at radius 3 is 2.82 bits per heavy atom. The normalized spacial score (nSPS) is 10.5. The quantitative estimate of drug-likeness (QED) is 0.681. The van der Waals surface area contributed by atoms with Gasteiger partial charge in [-0.05, 0) is 24.3 Å². The average Bonchev–Trinajstić information content (AvgIpc) is 2.30. The van der Waals surface area contributed by atoms with Crippen LogP contribution in [0.3, 0.4) is 0 Å². The van der Waals surface area contributed by atoms with Crippen molar-refractivity contribution in [2.24, 2.45) is 0 Å². The third-order valence-electron chi connectivity index (χ3n) is 2.23. The van der Waals surface area contributed by atoms with E-state index in [1.807, 2.05) is 0 Å². The molecule has 0 spiro atoms. The Kier molecular flexibility index (Phi) is 3.86. The molecule has 1 aromatic carbocycles. The van der Waals surface area contributed by atoms with E-state index >= 15 is 0 Å². The monoisotopic (exact) mass is 268 g/mol. The van der Waals surface area contributed by atoms with Gasteiger partial charge >= 0.3 is 0 Å². The molecule has 88 valence electrons. The second-order valence-electron chi connectivity index (χ2n) is 3.39. The number of rotatable bonds is 3. The molecule has 5 heteroatoms. The summed E-state index contributed by atoms with van der Waals surface area (Å²) in [5.41, 5.74) is 6.65. The molecule has 0 atom stereocenters. The van der Waals surface area contributed by atoms with Gasteiger partial charge in [-0.2, -0.15) is 0 Å². The van der Waals surface area contributed by atoms with Gasteiger partial charge in [0.1, 0.15) is 10.8 Å². The van der Waals surface area contributed by atoms with Crippen LogP contribution in [0.25, 0.3) is 0 Å². The van der Waals surface area contributed by atoms with Gasteiger partial charge in [-0.15, -0.1) is 0 Å². The molecule has 0 aliphatic carbocycles. The number of nitrogens with two attached hydrogens (primary N) is 1. The van der Waals surface area contributed by atoms with Crippen molar-refractivity contribution < 1.29 is 4.39 Å². The fourth-order valence-electron chi connectivity index (χ4n) is 1.35. The Hall–Kier alpha value is -1.26. The molecule has 0 unspecified atom stereocenters. The summed E-state index contributed by atoms with van der Waals surface area (Å²) in [7, 11) is 0. The van der Waals surface area contributed by atoms with Crippen LogP contribution in [0.15, 0.2) is 41.6 Å². The zero-order valence-electron chi connectivity index (χ0n) is 8.86. The van der Waals surface area contributed by atoms with Crippen LogP contribution in [0.5, 0.6) is 0 Å². The number of anilines is 1. The van der Waals surface area contributed by atoms with Gasteiger partial charge in [-0.1, -0.05) is 29.4 Å². The minimum atomic E-state index is -0.301. The second-order valence-corrected chi connectivity index (χ2v) is 4.76. The van der Waals surface area contributed by atoms with Gasteiger partial charge in [0, 0.05) is 23.2 Å². The first-order valence-corrected chi connectivity index (χ1v) is 6.31. The van der Waals surface area contributed by atoms with Crippen LogP contribution in [0.4, 0.5) is 10.1 Å². The summed E-state index contributed by atoms with van der Waals surface area (Å²) in [6.45, 7) is 0. The Morgan fingerprint density at radius 1 is 1.29 bits per heavy atom. The molecule has 0 fully saturated rings. The first-order valence-electron chi connectivity index (χ1n) is 4.94. The number of hydrogen-bond donors (Lipinski definition) is 1. The Balaban J connectivity index is 2.16. The molecule has 2 aromatic rings. The third kappa shape index (κ3) is 2.90. The Labute approximate surface area is 108 Å². The van der Waals surface area contributed by atoms with Gasteiger partial charge in [0.25, 0.3) is 0 Å². The van der Waals surface area contributed by atoms with Gasteiger partial charge in [-0.25, -0.2) is 9.37 Å². The van der Waals surface area contributed by atoms with Crippen LogP contribution in [0.2, 0.25) is 5.02 Å². The van der Waals surface area contributed by atoms with Crippen molar-refractivity contribution in [1.29, 1.82) is 0 Å². The fourth-order valence-corrected chi connectivity index (χ4v) is 2.56. The number of nitrogen functional groups attached to an aromatic ring is 1. The van der Waals surface area contributed by atoms with Gasteiger partial charge < -0.3 is 5.73 Å². The number of nitrogens with zero attached hydrogens (tertiary/aromatic N) is 1.